The van der Waals surface area contributed by atoms with Crippen molar-refractivity contribution in [1.82, 2.24) is 15.5 Å². The van der Waals surface area contributed by atoms with Crippen LogP contribution in [-0.4, -0.2) is 53.4 Å². The molecule has 3 amide bonds. The predicted octanol–water partition coefficient (Wildman–Crippen LogP) is 1.28. The van der Waals surface area contributed by atoms with Crippen LogP contribution in [-0.2, 0) is 9.59 Å². The van der Waals surface area contributed by atoms with Gasteiger partial charge in [-0.05, 0) is 45.7 Å². The molecule has 1 aliphatic heterocycles. The van der Waals surface area contributed by atoms with E-state index in [0.29, 0.717) is 19.5 Å². The highest BCUT2D eigenvalue weighted by molar-refractivity contribution is 6.00. The van der Waals surface area contributed by atoms with Gasteiger partial charge in [-0.1, -0.05) is 12.1 Å². The van der Waals surface area contributed by atoms with Gasteiger partial charge in [0.1, 0.15) is 11.8 Å². The number of likely N-dealkylation sites (tertiary alicyclic amines) is 1. The summed E-state index contributed by atoms with van der Waals surface area (Å²) in [5, 5.41) is 15.4. The molecular weight excluding hydrogens is 334 g/mol. The number of hydrogen-bond acceptors (Lipinski definition) is 4. The monoisotopic (exact) mass is 361 g/mol. The number of aromatic hydroxyl groups is 1. The normalized spacial score (nSPS) is 17.0. The number of amides is 3. The number of para-hydroxylation sites is 1. The average Bonchev–Trinajstić information content (AvgIpc) is 3.09. The number of nitrogens with one attached hydrogen (secondary N) is 2. The van der Waals surface area contributed by atoms with Crippen molar-refractivity contribution in [2.24, 2.45) is 5.41 Å². The lowest BCUT2D eigenvalue weighted by Crippen LogP contribution is -2.50. The largest absolute Gasteiger partial charge is 0.507 e. The van der Waals surface area contributed by atoms with E-state index >= 15 is 0 Å². The number of phenolic OH excluding ortho intramolecular Hbond substituents is 1. The number of nitrogens with zero attached hydrogens (tertiary/aromatic N) is 1. The lowest BCUT2D eigenvalue weighted by molar-refractivity contribution is -0.130. The molecule has 1 fully saturated rings. The van der Waals surface area contributed by atoms with Crippen LogP contribution in [0.5, 0.6) is 5.75 Å². The molecule has 0 radical (unpaired) electrons. The standard InChI is InChI=1S/C19H27N3O4/c1-4-20-18(26)19(2,3)12-21-16(24)14-9-7-11-22(14)17(25)13-8-5-6-10-15(13)23/h5-6,8,10,14,23H,4,7,9,11-12H2,1-3H3,(H,20,26)(H,21,24). The van der Waals surface area contributed by atoms with Crippen molar-refractivity contribution >= 4 is 17.7 Å². The molecule has 1 aliphatic rings. The molecule has 0 spiro atoms. The van der Waals surface area contributed by atoms with Gasteiger partial charge in [0.15, 0.2) is 0 Å². The molecule has 1 atom stereocenters. The van der Waals surface area contributed by atoms with Crippen LogP contribution in [0.4, 0.5) is 0 Å². The fourth-order valence-corrected chi connectivity index (χ4v) is 3.00. The van der Waals surface area contributed by atoms with Crippen molar-refractivity contribution in [3.8, 4) is 5.75 Å². The van der Waals surface area contributed by atoms with Crippen molar-refractivity contribution in [2.45, 2.75) is 39.7 Å². The molecule has 3 N–H and O–H groups in total. The maximum absolute atomic E-state index is 12.7. The van der Waals surface area contributed by atoms with Gasteiger partial charge in [-0.3, -0.25) is 14.4 Å². The summed E-state index contributed by atoms with van der Waals surface area (Å²) in [4.78, 5) is 38.8. The SMILES string of the molecule is CCNC(=O)C(C)(C)CNC(=O)C1CCCN1C(=O)c1ccccc1O. The molecule has 1 aromatic rings. The first-order valence-corrected chi connectivity index (χ1v) is 8.93. The van der Waals surface area contributed by atoms with E-state index in [1.807, 2.05) is 6.92 Å². The zero-order chi connectivity index (χ0) is 19.3. The molecule has 26 heavy (non-hydrogen) atoms. The highest BCUT2D eigenvalue weighted by Crippen LogP contribution is 2.24. The molecular formula is C19H27N3O4. The molecule has 1 unspecified atom stereocenters. The fraction of sp³-hybridized carbons (Fsp3) is 0.526. The Hall–Kier alpha value is -2.57. The van der Waals surface area contributed by atoms with Gasteiger partial charge in [0.2, 0.25) is 11.8 Å². The molecule has 7 nitrogen and oxygen atoms in total. The number of hydrogen-bond donors (Lipinski definition) is 3. The van der Waals surface area contributed by atoms with Gasteiger partial charge in [-0.2, -0.15) is 0 Å². The highest BCUT2D eigenvalue weighted by Gasteiger charge is 2.36. The molecule has 0 aromatic heterocycles. The third kappa shape index (κ3) is 4.33. The van der Waals surface area contributed by atoms with Crippen LogP contribution in [0.3, 0.4) is 0 Å². The van der Waals surface area contributed by atoms with E-state index in [9.17, 15) is 19.5 Å². The Morgan fingerprint density at radius 2 is 1.92 bits per heavy atom. The molecule has 7 heteroatoms. The maximum atomic E-state index is 12.7. The van der Waals surface area contributed by atoms with E-state index in [2.05, 4.69) is 10.6 Å². The average molecular weight is 361 g/mol. The molecule has 0 bridgehead atoms. The summed E-state index contributed by atoms with van der Waals surface area (Å²) >= 11 is 0. The van der Waals surface area contributed by atoms with Crippen LogP contribution < -0.4 is 10.6 Å². The number of carbonyl (C=O) groups is 3. The third-order valence-electron chi connectivity index (χ3n) is 4.61. The molecule has 1 saturated heterocycles. The van der Waals surface area contributed by atoms with Gasteiger partial charge in [0.25, 0.3) is 5.91 Å². The number of benzene rings is 1. The Morgan fingerprint density at radius 3 is 2.58 bits per heavy atom. The van der Waals surface area contributed by atoms with E-state index in [1.54, 1.807) is 32.0 Å². The van der Waals surface area contributed by atoms with Crippen LogP contribution in [0.1, 0.15) is 44.0 Å². The fourth-order valence-electron chi connectivity index (χ4n) is 3.00. The summed E-state index contributed by atoms with van der Waals surface area (Å²) in [5.74, 6) is -0.859. The van der Waals surface area contributed by atoms with Crippen LogP contribution >= 0.6 is 0 Å². The smallest absolute Gasteiger partial charge is 0.258 e. The Labute approximate surface area is 153 Å². The zero-order valence-electron chi connectivity index (χ0n) is 15.5. The van der Waals surface area contributed by atoms with Crippen LogP contribution in [0.15, 0.2) is 24.3 Å². The predicted molar refractivity (Wildman–Crippen MR) is 97.6 cm³/mol. The van der Waals surface area contributed by atoms with Crippen molar-refractivity contribution in [1.29, 1.82) is 0 Å². The Morgan fingerprint density at radius 1 is 1.23 bits per heavy atom. The summed E-state index contributed by atoms with van der Waals surface area (Å²) in [5.41, 5.74) is -0.550. The molecule has 0 saturated carbocycles. The summed E-state index contributed by atoms with van der Waals surface area (Å²) in [6.07, 6.45) is 1.28. The first-order valence-electron chi connectivity index (χ1n) is 8.93. The summed E-state index contributed by atoms with van der Waals surface area (Å²) in [6.45, 7) is 6.54. The van der Waals surface area contributed by atoms with Gasteiger partial charge in [-0.25, -0.2) is 0 Å². The quantitative estimate of drug-likeness (QED) is 0.711. The Kier molecular flexibility index (Phi) is 6.23. The summed E-state index contributed by atoms with van der Waals surface area (Å²) in [6, 6.07) is 5.72. The molecule has 0 aliphatic carbocycles. The van der Waals surface area contributed by atoms with E-state index < -0.39 is 11.5 Å². The summed E-state index contributed by atoms with van der Waals surface area (Å²) in [7, 11) is 0. The van der Waals surface area contributed by atoms with Gasteiger partial charge >= 0.3 is 0 Å². The van der Waals surface area contributed by atoms with Gasteiger partial charge in [0, 0.05) is 19.6 Å². The second kappa shape index (κ2) is 8.21. The second-order valence-electron chi connectivity index (χ2n) is 7.13. The van der Waals surface area contributed by atoms with Crippen molar-refractivity contribution in [3.63, 3.8) is 0 Å². The molecule has 142 valence electrons. The lowest BCUT2D eigenvalue weighted by atomic mass is 9.92. The minimum atomic E-state index is -0.739. The van der Waals surface area contributed by atoms with E-state index in [1.165, 1.54) is 11.0 Å². The van der Waals surface area contributed by atoms with Gasteiger partial charge < -0.3 is 20.6 Å². The molecule has 1 aromatic carbocycles. The second-order valence-corrected chi connectivity index (χ2v) is 7.13. The van der Waals surface area contributed by atoms with Crippen LogP contribution in [0, 0.1) is 5.41 Å². The Bertz CT molecular complexity index is 687. The van der Waals surface area contributed by atoms with Gasteiger partial charge in [0.05, 0.1) is 11.0 Å². The Balaban J connectivity index is 2.03. The molecule has 2 rings (SSSR count). The number of phenols is 1. The highest BCUT2D eigenvalue weighted by atomic mass is 16.3. The van der Waals surface area contributed by atoms with E-state index in [-0.39, 0.29) is 35.6 Å². The van der Waals surface area contributed by atoms with E-state index in [0.717, 1.165) is 6.42 Å². The van der Waals surface area contributed by atoms with Crippen molar-refractivity contribution in [3.05, 3.63) is 29.8 Å². The van der Waals surface area contributed by atoms with Crippen LogP contribution in [0.2, 0.25) is 0 Å². The van der Waals surface area contributed by atoms with Crippen molar-refractivity contribution < 1.29 is 19.5 Å². The minimum Gasteiger partial charge on any atom is -0.507 e. The zero-order valence-corrected chi connectivity index (χ0v) is 15.5. The van der Waals surface area contributed by atoms with Crippen molar-refractivity contribution in [2.75, 3.05) is 19.6 Å². The number of rotatable bonds is 6. The first kappa shape index (κ1) is 19.8. The molecule has 1 heterocycles. The van der Waals surface area contributed by atoms with Gasteiger partial charge in [-0.15, -0.1) is 0 Å². The topological polar surface area (TPSA) is 98.7 Å². The number of carbonyl (C=O) groups excluding carboxylic acids is 3. The third-order valence-corrected chi connectivity index (χ3v) is 4.61. The minimum absolute atomic E-state index is 0.0964. The lowest BCUT2D eigenvalue weighted by Gasteiger charge is -2.27. The maximum Gasteiger partial charge on any atom is 0.258 e. The summed E-state index contributed by atoms with van der Waals surface area (Å²) < 4.78 is 0. The van der Waals surface area contributed by atoms with Crippen LogP contribution in [0.25, 0.3) is 0 Å². The van der Waals surface area contributed by atoms with E-state index in [4.69, 9.17) is 0 Å². The first-order chi connectivity index (χ1) is 12.3.